The molecule has 0 aromatic heterocycles. The third-order valence-corrected chi connectivity index (χ3v) is 3.10. The molecule has 122 valence electrons. The Balaban J connectivity index is 1.79. The predicted molar refractivity (Wildman–Crippen MR) is 79.9 cm³/mol. The van der Waals surface area contributed by atoms with Gasteiger partial charge in [0.25, 0.3) is 0 Å². The SMILES string of the molecule is O=C(O)Cc1ccc(NC(=O)CNC(=O)N2CCNC2=O)cc1. The summed E-state index contributed by atoms with van der Waals surface area (Å²) < 4.78 is 0. The molecular formula is C14H16N4O5. The number of amides is 5. The number of benzene rings is 1. The molecule has 5 amide bonds. The van der Waals surface area contributed by atoms with Crippen LogP contribution >= 0.6 is 0 Å². The summed E-state index contributed by atoms with van der Waals surface area (Å²) in [7, 11) is 0. The molecule has 0 radical (unpaired) electrons. The number of imide groups is 1. The number of anilines is 1. The summed E-state index contributed by atoms with van der Waals surface area (Å²) >= 11 is 0. The quantitative estimate of drug-likeness (QED) is 0.606. The number of nitrogens with zero attached hydrogens (tertiary/aromatic N) is 1. The molecule has 1 aliphatic rings. The van der Waals surface area contributed by atoms with E-state index in [1.165, 1.54) is 0 Å². The fourth-order valence-electron chi connectivity index (χ4n) is 2.00. The zero-order valence-electron chi connectivity index (χ0n) is 12.2. The smallest absolute Gasteiger partial charge is 0.326 e. The molecule has 0 saturated carbocycles. The van der Waals surface area contributed by atoms with Gasteiger partial charge in [-0.15, -0.1) is 0 Å². The van der Waals surface area contributed by atoms with Gasteiger partial charge in [-0.25, -0.2) is 14.5 Å². The van der Waals surface area contributed by atoms with Gasteiger partial charge in [0.15, 0.2) is 0 Å². The summed E-state index contributed by atoms with van der Waals surface area (Å²) in [5.41, 5.74) is 1.10. The Labute approximate surface area is 131 Å². The van der Waals surface area contributed by atoms with Gasteiger partial charge >= 0.3 is 18.0 Å². The lowest BCUT2D eigenvalue weighted by Gasteiger charge is -2.13. The van der Waals surface area contributed by atoms with Gasteiger partial charge in [-0.1, -0.05) is 12.1 Å². The fraction of sp³-hybridized carbons (Fsp3) is 0.286. The van der Waals surface area contributed by atoms with Crippen LogP contribution in [0.4, 0.5) is 15.3 Å². The van der Waals surface area contributed by atoms with Gasteiger partial charge in [0.05, 0.1) is 13.0 Å². The minimum absolute atomic E-state index is 0.0951. The van der Waals surface area contributed by atoms with E-state index in [1.807, 2.05) is 0 Å². The third kappa shape index (κ3) is 4.70. The molecule has 9 nitrogen and oxygen atoms in total. The molecule has 4 N–H and O–H groups in total. The largest absolute Gasteiger partial charge is 0.481 e. The van der Waals surface area contributed by atoms with E-state index in [1.54, 1.807) is 24.3 Å². The first-order valence-corrected chi connectivity index (χ1v) is 6.89. The summed E-state index contributed by atoms with van der Waals surface area (Å²) in [4.78, 5) is 46.2. The maximum atomic E-state index is 11.7. The first-order chi connectivity index (χ1) is 11.0. The van der Waals surface area contributed by atoms with Crippen LogP contribution in [0.1, 0.15) is 5.56 Å². The van der Waals surface area contributed by atoms with Gasteiger partial charge in [-0.2, -0.15) is 0 Å². The molecule has 1 saturated heterocycles. The van der Waals surface area contributed by atoms with E-state index in [0.29, 0.717) is 17.8 Å². The number of rotatable bonds is 5. The highest BCUT2D eigenvalue weighted by Crippen LogP contribution is 2.10. The van der Waals surface area contributed by atoms with Crippen LogP contribution in [-0.2, 0) is 16.0 Å². The molecule has 0 atom stereocenters. The van der Waals surface area contributed by atoms with E-state index in [4.69, 9.17) is 5.11 Å². The highest BCUT2D eigenvalue weighted by atomic mass is 16.4. The van der Waals surface area contributed by atoms with Gasteiger partial charge in [0.2, 0.25) is 5.91 Å². The molecule has 1 fully saturated rings. The van der Waals surface area contributed by atoms with Crippen LogP contribution < -0.4 is 16.0 Å². The highest BCUT2D eigenvalue weighted by Gasteiger charge is 2.26. The number of carbonyl (C=O) groups is 4. The molecule has 1 aromatic carbocycles. The van der Waals surface area contributed by atoms with E-state index >= 15 is 0 Å². The average molecular weight is 320 g/mol. The van der Waals surface area contributed by atoms with Crippen molar-refractivity contribution in [2.75, 3.05) is 25.0 Å². The topological polar surface area (TPSA) is 128 Å². The molecule has 0 unspecified atom stereocenters. The van der Waals surface area contributed by atoms with Gasteiger partial charge in [-0.05, 0) is 17.7 Å². The third-order valence-electron chi connectivity index (χ3n) is 3.10. The Hall–Kier alpha value is -3.10. The minimum atomic E-state index is -0.935. The van der Waals surface area contributed by atoms with Crippen LogP contribution in [0.5, 0.6) is 0 Å². The van der Waals surface area contributed by atoms with E-state index < -0.39 is 23.9 Å². The van der Waals surface area contributed by atoms with E-state index in [-0.39, 0.29) is 19.5 Å². The van der Waals surface area contributed by atoms with Crippen LogP contribution in [-0.4, -0.2) is 53.6 Å². The van der Waals surface area contributed by atoms with Crippen LogP contribution in [0.2, 0.25) is 0 Å². The first kappa shape index (κ1) is 16.3. The molecule has 1 aromatic rings. The minimum Gasteiger partial charge on any atom is -0.481 e. The number of carboxylic acid groups (broad SMARTS) is 1. The van der Waals surface area contributed by atoms with Crippen LogP contribution in [0.3, 0.4) is 0 Å². The van der Waals surface area contributed by atoms with E-state index in [9.17, 15) is 19.2 Å². The van der Waals surface area contributed by atoms with Crippen molar-refractivity contribution in [1.82, 2.24) is 15.5 Å². The van der Waals surface area contributed by atoms with Gasteiger partial charge in [0, 0.05) is 18.8 Å². The zero-order chi connectivity index (χ0) is 16.8. The van der Waals surface area contributed by atoms with E-state index in [2.05, 4.69) is 16.0 Å². The molecule has 23 heavy (non-hydrogen) atoms. The van der Waals surface area contributed by atoms with Gasteiger partial charge in [0.1, 0.15) is 0 Å². The van der Waals surface area contributed by atoms with Crippen molar-refractivity contribution in [3.63, 3.8) is 0 Å². The highest BCUT2D eigenvalue weighted by molar-refractivity contribution is 5.98. The number of carboxylic acids is 1. The Morgan fingerprint density at radius 2 is 1.91 bits per heavy atom. The van der Waals surface area contributed by atoms with Crippen molar-refractivity contribution in [3.05, 3.63) is 29.8 Å². The lowest BCUT2D eigenvalue weighted by molar-refractivity contribution is -0.136. The predicted octanol–water partition coefficient (Wildman–Crippen LogP) is -0.0130. The Morgan fingerprint density at radius 1 is 1.22 bits per heavy atom. The Morgan fingerprint density at radius 3 is 2.48 bits per heavy atom. The molecule has 0 bridgehead atoms. The van der Waals surface area contributed by atoms with Gasteiger partial charge in [-0.3, -0.25) is 9.59 Å². The van der Waals surface area contributed by atoms with Crippen molar-refractivity contribution >= 4 is 29.6 Å². The summed E-state index contributed by atoms with van der Waals surface area (Å²) in [5, 5.41) is 16.1. The van der Waals surface area contributed by atoms with Crippen molar-refractivity contribution in [2.24, 2.45) is 0 Å². The maximum Gasteiger partial charge on any atom is 0.326 e. The monoisotopic (exact) mass is 320 g/mol. The molecular weight excluding hydrogens is 304 g/mol. The number of urea groups is 2. The standard InChI is InChI=1S/C14H16N4O5/c19-11(8-16-14(23)18-6-5-15-13(18)22)17-10-3-1-9(2-4-10)7-12(20)21/h1-4H,5-8H2,(H,15,22)(H,16,23)(H,17,19)(H,20,21). The van der Waals surface area contributed by atoms with Crippen LogP contribution in [0.15, 0.2) is 24.3 Å². The first-order valence-electron chi connectivity index (χ1n) is 6.89. The molecule has 1 aliphatic heterocycles. The zero-order valence-corrected chi connectivity index (χ0v) is 12.2. The number of aliphatic carboxylic acids is 1. The lowest BCUT2D eigenvalue weighted by Crippen LogP contribution is -2.44. The second kappa shape index (κ2) is 7.25. The average Bonchev–Trinajstić information content (AvgIpc) is 2.92. The fourth-order valence-corrected chi connectivity index (χ4v) is 2.00. The van der Waals surface area contributed by atoms with Crippen molar-refractivity contribution in [1.29, 1.82) is 0 Å². The van der Waals surface area contributed by atoms with Crippen molar-refractivity contribution < 1.29 is 24.3 Å². The Bertz CT molecular complexity index is 629. The van der Waals surface area contributed by atoms with Crippen molar-refractivity contribution in [2.45, 2.75) is 6.42 Å². The van der Waals surface area contributed by atoms with Crippen molar-refractivity contribution in [3.8, 4) is 0 Å². The number of hydrogen-bond donors (Lipinski definition) is 4. The second-order valence-electron chi connectivity index (χ2n) is 4.86. The summed E-state index contributed by atoms with van der Waals surface area (Å²) in [6.07, 6.45) is -0.0951. The molecule has 0 spiro atoms. The molecule has 1 heterocycles. The number of carbonyl (C=O) groups excluding carboxylic acids is 3. The van der Waals surface area contributed by atoms with Crippen LogP contribution in [0, 0.1) is 0 Å². The number of hydrogen-bond acceptors (Lipinski definition) is 4. The summed E-state index contributed by atoms with van der Waals surface area (Å²) in [5.74, 6) is -1.39. The molecule has 2 rings (SSSR count). The molecule has 0 aliphatic carbocycles. The Kier molecular flexibility index (Phi) is 5.13. The van der Waals surface area contributed by atoms with Gasteiger partial charge < -0.3 is 21.1 Å². The summed E-state index contributed by atoms with van der Waals surface area (Å²) in [6, 6.07) is 5.22. The second-order valence-corrected chi connectivity index (χ2v) is 4.86. The summed E-state index contributed by atoms with van der Waals surface area (Å²) in [6.45, 7) is 0.373. The normalized spacial score (nSPS) is 13.4. The van der Waals surface area contributed by atoms with Crippen LogP contribution in [0.25, 0.3) is 0 Å². The lowest BCUT2D eigenvalue weighted by atomic mass is 10.1. The van der Waals surface area contributed by atoms with E-state index in [0.717, 1.165) is 4.90 Å². The maximum absolute atomic E-state index is 11.7. The molecule has 9 heteroatoms. The number of nitrogens with one attached hydrogen (secondary N) is 3.